The molecular weight excluding hydrogens is 192 g/mol. The first-order valence-corrected chi connectivity index (χ1v) is 5.78. The molecule has 0 bridgehead atoms. The fraction of sp³-hybridized carbons (Fsp3) is 0.909. The second kappa shape index (κ2) is 5.47. The van der Waals surface area contributed by atoms with E-state index in [0.29, 0.717) is 6.54 Å². The van der Waals surface area contributed by atoms with Crippen molar-refractivity contribution >= 4 is 5.91 Å². The van der Waals surface area contributed by atoms with Crippen molar-refractivity contribution in [2.45, 2.75) is 39.2 Å². The fourth-order valence-corrected chi connectivity index (χ4v) is 2.17. The van der Waals surface area contributed by atoms with Gasteiger partial charge in [-0.15, -0.1) is 0 Å². The third-order valence-corrected chi connectivity index (χ3v) is 3.01. The molecule has 1 heterocycles. The Morgan fingerprint density at radius 2 is 2.40 bits per heavy atom. The molecule has 1 amide bonds. The SMILES string of the molecule is CCCC1(C(=O)NC[C@@H](C)O)CCNC1. The van der Waals surface area contributed by atoms with Crippen molar-refractivity contribution < 1.29 is 9.90 Å². The van der Waals surface area contributed by atoms with Crippen LogP contribution in [-0.4, -0.2) is 36.8 Å². The summed E-state index contributed by atoms with van der Waals surface area (Å²) in [6.45, 7) is 5.82. The topological polar surface area (TPSA) is 61.4 Å². The summed E-state index contributed by atoms with van der Waals surface area (Å²) in [7, 11) is 0. The molecule has 2 atom stereocenters. The van der Waals surface area contributed by atoms with E-state index in [-0.39, 0.29) is 11.3 Å². The highest BCUT2D eigenvalue weighted by Crippen LogP contribution is 2.31. The quantitative estimate of drug-likeness (QED) is 0.615. The van der Waals surface area contributed by atoms with E-state index in [1.807, 2.05) is 0 Å². The lowest BCUT2D eigenvalue weighted by atomic mass is 9.81. The molecule has 15 heavy (non-hydrogen) atoms. The lowest BCUT2D eigenvalue weighted by molar-refractivity contribution is -0.130. The lowest BCUT2D eigenvalue weighted by Crippen LogP contribution is -2.44. The van der Waals surface area contributed by atoms with Crippen LogP contribution in [0.5, 0.6) is 0 Å². The molecule has 1 saturated heterocycles. The van der Waals surface area contributed by atoms with Crippen LogP contribution in [0.1, 0.15) is 33.1 Å². The molecular formula is C11H22N2O2. The smallest absolute Gasteiger partial charge is 0.227 e. The Kier molecular flexibility index (Phi) is 4.54. The van der Waals surface area contributed by atoms with Crippen molar-refractivity contribution in [1.29, 1.82) is 0 Å². The van der Waals surface area contributed by atoms with Crippen molar-refractivity contribution in [3.05, 3.63) is 0 Å². The molecule has 0 aliphatic carbocycles. The van der Waals surface area contributed by atoms with Gasteiger partial charge in [-0.3, -0.25) is 4.79 Å². The third-order valence-electron chi connectivity index (χ3n) is 3.01. The number of hydrogen-bond acceptors (Lipinski definition) is 3. The number of hydrogen-bond donors (Lipinski definition) is 3. The van der Waals surface area contributed by atoms with Gasteiger partial charge in [-0.1, -0.05) is 13.3 Å². The average molecular weight is 214 g/mol. The predicted molar refractivity (Wildman–Crippen MR) is 59.5 cm³/mol. The second-order valence-corrected chi connectivity index (χ2v) is 4.52. The van der Waals surface area contributed by atoms with E-state index >= 15 is 0 Å². The van der Waals surface area contributed by atoms with Crippen LogP contribution in [0, 0.1) is 5.41 Å². The summed E-state index contributed by atoms with van der Waals surface area (Å²) in [5, 5.41) is 15.2. The van der Waals surface area contributed by atoms with Crippen LogP contribution in [-0.2, 0) is 4.79 Å². The average Bonchev–Trinajstić information content (AvgIpc) is 2.64. The second-order valence-electron chi connectivity index (χ2n) is 4.52. The first-order chi connectivity index (χ1) is 7.10. The number of amides is 1. The van der Waals surface area contributed by atoms with Gasteiger partial charge in [0.2, 0.25) is 5.91 Å². The minimum absolute atomic E-state index is 0.0928. The van der Waals surface area contributed by atoms with Crippen molar-refractivity contribution in [3.63, 3.8) is 0 Å². The fourth-order valence-electron chi connectivity index (χ4n) is 2.17. The first kappa shape index (κ1) is 12.5. The summed E-state index contributed by atoms with van der Waals surface area (Å²) >= 11 is 0. The molecule has 0 aromatic heterocycles. The van der Waals surface area contributed by atoms with Gasteiger partial charge in [-0.2, -0.15) is 0 Å². The third kappa shape index (κ3) is 3.18. The van der Waals surface area contributed by atoms with Crippen molar-refractivity contribution in [1.82, 2.24) is 10.6 Å². The van der Waals surface area contributed by atoms with E-state index in [9.17, 15) is 4.79 Å². The van der Waals surface area contributed by atoms with Gasteiger partial charge in [0.05, 0.1) is 11.5 Å². The van der Waals surface area contributed by atoms with E-state index < -0.39 is 6.10 Å². The Hall–Kier alpha value is -0.610. The summed E-state index contributed by atoms with van der Waals surface area (Å²) < 4.78 is 0. The minimum Gasteiger partial charge on any atom is -0.392 e. The number of rotatable bonds is 5. The molecule has 1 aliphatic rings. The van der Waals surface area contributed by atoms with Gasteiger partial charge < -0.3 is 15.7 Å². The van der Waals surface area contributed by atoms with E-state index in [0.717, 1.165) is 32.4 Å². The number of aliphatic hydroxyl groups excluding tert-OH is 1. The van der Waals surface area contributed by atoms with E-state index in [1.165, 1.54) is 0 Å². The molecule has 0 spiro atoms. The normalized spacial score (nSPS) is 27.7. The molecule has 88 valence electrons. The molecule has 4 heteroatoms. The van der Waals surface area contributed by atoms with Gasteiger partial charge in [0.1, 0.15) is 0 Å². The predicted octanol–water partition coefficient (Wildman–Crippen LogP) is 0.263. The zero-order valence-electron chi connectivity index (χ0n) is 9.68. The molecule has 0 aromatic carbocycles. The summed E-state index contributed by atoms with van der Waals surface area (Å²) in [4.78, 5) is 12.0. The first-order valence-electron chi connectivity index (χ1n) is 5.78. The summed E-state index contributed by atoms with van der Waals surface area (Å²) in [6, 6.07) is 0. The number of aliphatic hydroxyl groups is 1. The van der Waals surface area contributed by atoms with Crippen LogP contribution in [0.2, 0.25) is 0 Å². The maximum atomic E-state index is 12.0. The molecule has 1 fully saturated rings. The molecule has 3 N–H and O–H groups in total. The highest BCUT2D eigenvalue weighted by Gasteiger charge is 2.39. The van der Waals surface area contributed by atoms with E-state index in [4.69, 9.17) is 5.11 Å². The Morgan fingerprint density at radius 1 is 1.67 bits per heavy atom. The molecule has 1 aliphatic heterocycles. The summed E-state index contributed by atoms with van der Waals surface area (Å²) in [6.07, 6.45) is 2.38. The molecule has 0 aromatic rings. The Morgan fingerprint density at radius 3 is 2.87 bits per heavy atom. The van der Waals surface area contributed by atoms with Crippen LogP contribution in [0.4, 0.5) is 0 Å². The van der Waals surface area contributed by atoms with Gasteiger partial charge in [0.25, 0.3) is 0 Å². The van der Waals surface area contributed by atoms with Crippen LogP contribution < -0.4 is 10.6 Å². The highest BCUT2D eigenvalue weighted by atomic mass is 16.3. The monoisotopic (exact) mass is 214 g/mol. The van der Waals surface area contributed by atoms with Gasteiger partial charge in [-0.25, -0.2) is 0 Å². The van der Waals surface area contributed by atoms with Crippen LogP contribution in [0.25, 0.3) is 0 Å². The number of carbonyl (C=O) groups excluding carboxylic acids is 1. The Labute approximate surface area is 91.4 Å². The van der Waals surface area contributed by atoms with Gasteiger partial charge in [0.15, 0.2) is 0 Å². The minimum atomic E-state index is -0.470. The van der Waals surface area contributed by atoms with Crippen LogP contribution in [0.3, 0.4) is 0 Å². The zero-order valence-corrected chi connectivity index (χ0v) is 9.68. The van der Waals surface area contributed by atoms with E-state index in [1.54, 1.807) is 6.92 Å². The van der Waals surface area contributed by atoms with Crippen molar-refractivity contribution in [2.75, 3.05) is 19.6 Å². The zero-order chi connectivity index (χ0) is 11.3. The molecule has 1 unspecified atom stereocenters. The number of carbonyl (C=O) groups is 1. The maximum absolute atomic E-state index is 12.0. The van der Waals surface area contributed by atoms with Gasteiger partial charge >= 0.3 is 0 Å². The summed E-state index contributed by atoms with van der Waals surface area (Å²) in [5.74, 6) is 0.0928. The molecule has 0 radical (unpaired) electrons. The molecule has 0 saturated carbocycles. The van der Waals surface area contributed by atoms with Gasteiger partial charge in [-0.05, 0) is 26.3 Å². The standard InChI is InChI=1S/C11H22N2O2/c1-3-4-11(5-6-12-8-11)10(15)13-7-9(2)14/h9,12,14H,3-8H2,1-2H3,(H,13,15)/t9-,11?/m1/s1. The van der Waals surface area contributed by atoms with Gasteiger partial charge in [0, 0.05) is 13.1 Å². The summed E-state index contributed by atoms with van der Waals surface area (Å²) in [5.41, 5.74) is -0.232. The largest absolute Gasteiger partial charge is 0.392 e. The Balaban J connectivity index is 2.51. The lowest BCUT2D eigenvalue weighted by Gasteiger charge is -2.26. The van der Waals surface area contributed by atoms with Crippen LogP contribution in [0.15, 0.2) is 0 Å². The molecule has 1 rings (SSSR count). The van der Waals surface area contributed by atoms with Crippen LogP contribution >= 0.6 is 0 Å². The molecule has 4 nitrogen and oxygen atoms in total. The van der Waals surface area contributed by atoms with E-state index in [2.05, 4.69) is 17.6 Å². The van der Waals surface area contributed by atoms with Crippen molar-refractivity contribution in [2.24, 2.45) is 5.41 Å². The van der Waals surface area contributed by atoms with Crippen molar-refractivity contribution in [3.8, 4) is 0 Å². The Bertz CT molecular complexity index is 211. The highest BCUT2D eigenvalue weighted by molar-refractivity contribution is 5.83. The number of nitrogens with one attached hydrogen (secondary N) is 2. The maximum Gasteiger partial charge on any atom is 0.227 e.